The lowest BCUT2D eigenvalue weighted by atomic mass is 10.1. The molecule has 112 valence electrons. The maximum Gasteiger partial charge on any atom is 0.239 e. The second-order valence-electron chi connectivity index (χ2n) is 4.09. The zero-order valence-electron chi connectivity index (χ0n) is 10.5. The van der Waals surface area contributed by atoms with Crippen molar-refractivity contribution in [3.8, 4) is 0 Å². The van der Waals surface area contributed by atoms with Gasteiger partial charge in [0, 0.05) is 11.3 Å². The van der Waals surface area contributed by atoms with Crippen LogP contribution in [-0.2, 0) is 16.6 Å². The number of hydrogen-bond donors (Lipinski definition) is 2. The summed E-state index contributed by atoms with van der Waals surface area (Å²) in [5.74, 6) is -0.996. The Hall–Kier alpha value is -2.03. The van der Waals surface area contributed by atoms with Gasteiger partial charge in [0.15, 0.2) is 0 Å². The average molecular weight is 330 g/mol. The van der Waals surface area contributed by atoms with Crippen molar-refractivity contribution >= 4 is 33.3 Å². The van der Waals surface area contributed by atoms with E-state index in [0.717, 1.165) is 12.1 Å². The van der Waals surface area contributed by atoms with Crippen LogP contribution < -0.4 is 15.6 Å². The summed E-state index contributed by atoms with van der Waals surface area (Å²) in [6.07, 6.45) is 1.47. The predicted molar refractivity (Wildman–Crippen MR) is 73.2 cm³/mol. The smallest absolute Gasteiger partial charge is 0.239 e. The Morgan fingerprint density at radius 3 is 2.67 bits per heavy atom. The summed E-state index contributed by atoms with van der Waals surface area (Å²) < 4.78 is 27.7. The third-order valence-electron chi connectivity index (χ3n) is 2.63. The molecule has 9 heteroatoms. The fourth-order valence-electron chi connectivity index (χ4n) is 1.68. The lowest BCUT2D eigenvalue weighted by Gasteiger charge is -2.14. The molecule has 0 atom stereocenters. The topological polar surface area (TPSA) is 125 Å². The maximum atomic E-state index is 11.3. The van der Waals surface area contributed by atoms with Crippen molar-refractivity contribution in [3.05, 3.63) is 46.9 Å². The molecule has 0 aliphatic heterocycles. The number of rotatable bonds is 5. The van der Waals surface area contributed by atoms with Gasteiger partial charge in [-0.2, -0.15) is 0 Å². The highest BCUT2D eigenvalue weighted by Crippen LogP contribution is 2.28. The van der Waals surface area contributed by atoms with Gasteiger partial charge in [-0.3, -0.25) is 0 Å². The van der Waals surface area contributed by atoms with Crippen molar-refractivity contribution in [2.45, 2.75) is 11.4 Å². The molecule has 0 aliphatic rings. The van der Waals surface area contributed by atoms with E-state index in [1.54, 1.807) is 12.1 Å². The van der Waals surface area contributed by atoms with Gasteiger partial charge >= 0.3 is 0 Å². The predicted octanol–water partition coefficient (Wildman–Crippen LogP) is 0.556. The molecule has 2 rings (SSSR count). The minimum atomic E-state index is -4.13. The molecule has 0 amide bonds. The van der Waals surface area contributed by atoms with Crippen molar-refractivity contribution in [1.82, 2.24) is 0 Å². The van der Waals surface area contributed by atoms with Crippen molar-refractivity contribution in [2.75, 3.05) is 5.32 Å². The van der Waals surface area contributed by atoms with E-state index in [1.807, 2.05) is 0 Å². The third kappa shape index (κ3) is 3.54. The fourth-order valence-corrected chi connectivity index (χ4v) is 2.78. The van der Waals surface area contributed by atoms with Crippen LogP contribution in [0.3, 0.4) is 0 Å². The van der Waals surface area contributed by atoms with Crippen LogP contribution in [0.15, 0.2) is 39.8 Å². The van der Waals surface area contributed by atoms with E-state index < -0.39 is 20.9 Å². The number of nitrogens with two attached hydrogens (primary N) is 1. The highest BCUT2D eigenvalue weighted by atomic mass is 35.5. The standard InChI is InChI=1S/C12H11ClN2O5S/c13-9-5-10(15-6-7-2-1-3-20-7)8(12(16)17)4-11(9)21(14,18)19/h1-5,15H,6H2,(H,16,17)(H2,14,18,19)/p-1. The number of carbonyl (C=O) groups is 1. The largest absolute Gasteiger partial charge is 0.545 e. The Morgan fingerprint density at radius 1 is 1.43 bits per heavy atom. The highest BCUT2D eigenvalue weighted by molar-refractivity contribution is 7.89. The monoisotopic (exact) mass is 329 g/mol. The van der Waals surface area contributed by atoms with Crippen LogP contribution in [0.1, 0.15) is 16.1 Å². The van der Waals surface area contributed by atoms with Gasteiger partial charge in [-0.1, -0.05) is 11.6 Å². The van der Waals surface area contributed by atoms with E-state index in [1.165, 1.54) is 6.26 Å². The summed E-state index contributed by atoms with van der Waals surface area (Å²) in [5.41, 5.74) is -0.265. The lowest BCUT2D eigenvalue weighted by Crippen LogP contribution is -2.25. The number of sulfonamides is 1. The van der Waals surface area contributed by atoms with Gasteiger partial charge in [0.05, 0.1) is 23.8 Å². The van der Waals surface area contributed by atoms with Crippen LogP contribution in [-0.4, -0.2) is 14.4 Å². The molecule has 0 saturated carbocycles. The van der Waals surface area contributed by atoms with Crippen LogP contribution in [0, 0.1) is 0 Å². The van der Waals surface area contributed by atoms with Crippen molar-refractivity contribution < 1.29 is 22.7 Å². The van der Waals surface area contributed by atoms with Gasteiger partial charge in [0.1, 0.15) is 10.7 Å². The molecule has 0 radical (unpaired) electrons. The van der Waals surface area contributed by atoms with Crippen molar-refractivity contribution in [3.63, 3.8) is 0 Å². The van der Waals surface area contributed by atoms with E-state index in [4.69, 9.17) is 21.2 Å². The van der Waals surface area contributed by atoms with Crippen LogP contribution in [0.2, 0.25) is 5.02 Å². The number of aromatic carboxylic acids is 1. The lowest BCUT2D eigenvalue weighted by molar-refractivity contribution is -0.254. The van der Waals surface area contributed by atoms with E-state index in [-0.39, 0.29) is 22.8 Å². The molecule has 0 unspecified atom stereocenters. The molecule has 0 bridgehead atoms. The summed E-state index contributed by atoms with van der Waals surface area (Å²) in [6.45, 7) is 0.193. The van der Waals surface area contributed by atoms with Gasteiger partial charge in [-0.05, 0) is 24.3 Å². The van der Waals surface area contributed by atoms with E-state index in [2.05, 4.69) is 5.32 Å². The number of primary sulfonamides is 1. The first-order chi connectivity index (χ1) is 9.79. The van der Waals surface area contributed by atoms with Gasteiger partial charge in [-0.15, -0.1) is 0 Å². The quantitative estimate of drug-likeness (QED) is 0.825. The Morgan fingerprint density at radius 2 is 2.14 bits per heavy atom. The average Bonchev–Trinajstić information content (AvgIpc) is 2.87. The SMILES string of the molecule is NS(=O)(=O)c1cc(C(=O)[O-])c(NCc2ccco2)cc1Cl. The third-order valence-corrected chi connectivity index (χ3v) is 4.01. The van der Waals surface area contributed by atoms with Crippen molar-refractivity contribution in [2.24, 2.45) is 5.14 Å². The minimum absolute atomic E-state index is 0.101. The number of anilines is 1. The van der Waals surface area contributed by atoms with Gasteiger partial charge in [-0.25, -0.2) is 13.6 Å². The highest BCUT2D eigenvalue weighted by Gasteiger charge is 2.17. The zero-order valence-corrected chi connectivity index (χ0v) is 12.1. The molecule has 7 nitrogen and oxygen atoms in total. The second-order valence-corrected chi connectivity index (χ2v) is 6.03. The first kappa shape index (κ1) is 15.4. The first-order valence-electron chi connectivity index (χ1n) is 5.63. The summed E-state index contributed by atoms with van der Waals surface area (Å²) in [4.78, 5) is 10.6. The van der Waals surface area contributed by atoms with Gasteiger partial charge < -0.3 is 19.6 Å². The molecule has 3 N–H and O–H groups in total. The van der Waals surface area contributed by atoms with Gasteiger partial charge in [0.25, 0.3) is 0 Å². The summed E-state index contributed by atoms with van der Waals surface area (Å²) in [7, 11) is -4.13. The summed E-state index contributed by atoms with van der Waals surface area (Å²) >= 11 is 5.82. The normalized spacial score (nSPS) is 11.3. The molecule has 0 aliphatic carbocycles. The van der Waals surface area contributed by atoms with Gasteiger partial charge in [0.2, 0.25) is 10.0 Å². The summed E-state index contributed by atoms with van der Waals surface area (Å²) in [5, 5.41) is 18.7. The number of benzene rings is 1. The molecule has 0 saturated heterocycles. The Kier molecular flexibility index (Phi) is 4.21. The van der Waals surface area contributed by atoms with E-state index in [0.29, 0.717) is 5.76 Å². The number of halogens is 1. The number of nitrogens with one attached hydrogen (secondary N) is 1. The van der Waals surface area contributed by atoms with Crippen LogP contribution in [0.25, 0.3) is 0 Å². The molecule has 1 heterocycles. The molecule has 1 aromatic carbocycles. The Bertz CT molecular complexity index is 771. The Balaban J connectivity index is 2.41. The molecule has 1 aromatic heterocycles. The minimum Gasteiger partial charge on any atom is -0.545 e. The number of hydrogen-bond acceptors (Lipinski definition) is 6. The zero-order chi connectivity index (χ0) is 15.6. The first-order valence-corrected chi connectivity index (χ1v) is 7.55. The Labute approximate surface area is 125 Å². The molecule has 0 fully saturated rings. The van der Waals surface area contributed by atoms with E-state index in [9.17, 15) is 18.3 Å². The van der Waals surface area contributed by atoms with Crippen LogP contribution >= 0.6 is 11.6 Å². The van der Waals surface area contributed by atoms with Crippen molar-refractivity contribution in [1.29, 1.82) is 0 Å². The molecular weight excluding hydrogens is 320 g/mol. The molecule has 2 aromatic rings. The second kappa shape index (κ2) is 5.76. The summed E-state index contributed by atoms with van der Waals surface area (Å²) in [6, 6.07) is 5.38. The molecule has 0 spiro atoms. The van der Waals surface area contributed by atoms with Crippen LogP contribution in [0.5, 0.6) is 0 Å². The number of carbonyl (C=O) groups excluding carboxylic acids is 1. The molecule has 21 heavy (non-hydrogen) atoms. The fraction of sp³-hybridized carbons (Fsp3) is 0.0833. The number of carboxylic acid groups (broad SMARTS) is 1. The number of carboxylic acids is 1. The van der Waals surface area contributed by atoms with Crippen LogP contribution in [0.4, 0.5) is 5.69 Å². The number of furan rings is 1. The maximum absolute atomic E-state index is 11.3. The van der Waals surface area contributed by atoms with E-state index >= 15 is 0 Å². The molecular formula is C12H10ClN2O5S-.